The van der Waals surface area contributed by atoms with Crippen molar-refractivity contribution in [2.45, 2.75) is 38.5 Å². The van der Waals surface area contributed by atoms with Crippen molar-refractivity contribution in [3.8, 4) is 0 Å². The molecule has 0 aliphatic carbocycles. The molecule has 0 saturated carbocycles. The monoisotopic (exact) mass is 502 g/mol. The summed E-state index contributed by atoms with van der Waals surface area (Å²) in [6.45, 7) is 5.00. The van der Waals surface area contributed by atoms with Crippen molar-refractivity contribution in [1.29, 1.82) is 0 Å². The second-order valence-electron chi connectivity index (χ2n) is 3.62. The summed E-state index contributed by atoms with van der Waals surface area (Å²) in [6, 6.07) is 0. The topological polar surface area (TPSA) is 24.1 Å². The van der Waals surface area contributed by atoms with Gasteiger partial charge >= 0.3 is 26.8 Å². The Bertz CT molecular complexity index is 82.5. The predicted molar refractivity (Wildman–Crippen MR) is 61.4 cm³/mol. The largest absolute Gasteiger partial charge is 4.00 e. The van der Waals surface area contributed by atoms with Crippen LogP contribution < -0.4 is 85.1 Å². The average Bonchev–Trinajstić information content (AvgIpc) is 2.24. The van der Waals surface area contributed by atoms with Crippen LogP contribution in [-0.4, -0.2) is 50.1 Å². The first-order valence-corrected chi connectivity index (χ1v) is 5.41. The molecule has 2 nitrogen and oxygen atoms in total. The minimum atomic E-state index is 0. The standard InChI is InChI=1S/2C5H11N.6ClH.Sn/c2*1-2-4-6-5-3-1;;;;;;;/h2*6H,1-5H2;6*1H;/q;;;;;;;;+4/p-4. The zero-order chi connectivity index (χ0) is 8.49. The van der Waals surface area contributed by atoms with Crippen LogP contribution in [0.15, 0.2) is 0 Å². The molecule has 0 amide bonds. The summed E-state index contributed by atoms with van der Waals surface area (Å²) in [5.41, 5.74) is 0. The Morgan fingerprint density at radius 1 is 0.421 bits per heavy atom. The molecule has 2 rings (SSSR count). The summed E-state index contributed by atoms with van der Waals surface area (Å²) < 4.78 is 0. The Kier molecular flexibility index (Phi) is 83.8. The summed E-state index contributed by atoms with van der Waals surface area (Å²) in [6.07, 6.45) is 8.43. The van der Waals surface area contributed by atoms with Crippen LogP contribution in [0.5, 0.6) is 0 Å². The number of hydrogen-bond donors (Lipinski definition) is 2. The SMILES string of the molecule is C1CCNCC1.C1CCNCC1.[Cl-].[Cl-].[Cl-].[Cl-].[Cl-].[Cl-].[H+].[H+].[Sn+4]. The van der Waals surface area contributed by atoms with Gasteiger partial charge in [-0.1, -0.05) is 12.8 Å². The van der Waals surface area contributed by atoms with E-state index in [0.29, 0.717) is 0 Å². The van der Waals surface area contributed by atoms with E-state index in [1.165, 1.54) is 64.7 Å². The van der Waals surface area contributed by atoms with Crippen LogP contribution in [0.1, 0.15) is 41.4 Å². The van der Waals surface area contributed by atoms with Crippen LogP contribution in [0.4, 0.5) is 0 Å². The second-order valence-corrected chi connectivity index (χ2v) is 3.62. The van der Waals surface area contributed by atoms with E-state index in [4.69, 9.17) is 0 Å². The zero-order valence-corrected chi connectivity index (χ0v) is 18.2. The fraction of sp³-hybridized carbons (Fsp3) is 1.00. The van der Waals surface area contributed by atoms with Crippen molar-refractivity contribution < 1.29 is 77.3 Å². The molecule has 2 aliphatic heterocycles. The van der Waals surface area contributed by atoms with E-state index in [9.17, 15) is 0 Å². The smallest absolute Gasteiger partial charge is 1.00 e. The van der Waals surface area contributed by atoms with Crippen LogP contribution in [-0.2, 0) is 0 Å². The van der Waals surface area contributed by atoms with Crippen LogP contribution in [0, 0.1) is 0 Å². The van der Waals surface area contributed by atoms with Gasteiger partial charge < -0.3 is 85.1 Å². The molecule has 0 spiro atoms. The van der Waals surface area contributed by atoms with Crippen LogP contribution >= 0.6 is 0 Å². The molecule has 2 fully saturated rings. The van der Waals surface area contributed by atoms with Gasteiger partial charge in [-0.05, 0) is 51.9 Å². The Hall–Kier alpha value is 2.46. The molecule has 120 valence electrons. The molecule has 0 unspecified atom stereocenters. The molecule has 0 radical (unpaired) electrons. The molecule has 9 heteroatoms. The predicted octanol–water partition coefficient (Wildman–Crippen LogP) is -16.6. The van der Waals surface area contributed by atoms with Gasteiger partial charge in [0, 0.05) is 0 Å². The first kappa shape index (κ1) is 43.0. The molecule has 0 aromatic carbocycles. The maximum Gasteiger partial charge on any atom is 4.00 e. The molecule has 19 heavy (non-hydrogen) atoms. The number of piperidine rings is 2. The van der Waals surface area contributed by atoms with E-state index < -0.39 is 0 Å². The van der Waals surface area contributed by atoms with Crippen LogP contribution in [0.25, 0.3) is 0 Å². The number of halogens is 6. The van der Waals surface area contributed by atoms with Gasteiger partial charge in [-0.25, -0.2) is 0 Å². The molecule has 2 saturated heterocycles. The molecule has 2 heterocycles. The fourth-order valence-corrected chi connectivity index (χ4v) is 1.60. The van der Waals surface area contributed by atoms with Gasteiger partial charge in [0.15, 0.2) is 0 Å². The summed E-state index contributed by atoms with van der Waals surface area (Å²) in [7, 11) is 0. The van der Waals surface area contributed by atoms with E-state index in [2.05, 4.69) is 10.6 Å². The molecular formula is C10H24Cl6N2Sn. The fourth-order valence-electron chi connectivity index (χ4n) is 1.60. The third-order valence-electron chi connectivity index (χ3n) is 2.41. The van der Waals surface area contributed by atoms with Crippen molar-refractivity contribution in [3.63, 3.8) is 0 Å². The average molecular weight is 504 g/mol. The molecule has 0 atom stereocenters. The summed E-state index contributed by atoms with van der Waals surface area (Å²) in [5.74, 6) is 0. The van der Waals surface area contributed by atoms with Crippen molar-refractivity contribution in [3.05, 3.63) is 0 Å². The first-order valence-electron chi connectivity index (χ1n) is 5.41. The van der Waals surface area contributed by atoms with Gasteiger partial charge in [0.05, 0.1) is 0 Å². The van der Waals surface area contributed by atoms with Gasteiger partial charge in [0.1, 0.15) is 0 Å². The van der Waals surface area contributed by atoms with E-state index in [0.717, 1.165) is 0 Å². The van der Waals surface area contributed by atoms with E-state index in [1.54, 1.807) is 0 Å². The minimum Gasteiger partial charge on any atom is -1.00 e. The Morgan fingerprint density at radius 3 is 0.684 bits per heavy atom. The van der Waals surface area contributed by atoms with Gasteiger partial charge in [-0.3, -0.25) is 0 Å². The van der Waals surface area contributed by atoms with Crippen molar-refractivity contribution >= 4 is 23.9 Å². The molecular weight excluding hydrogens is 480 g/mol. The Morgan fingerprint density at radius 2 is 0.632 bits per heavy atom. The van der Waals surface area contributed by atoms with E-state index >= 15 is 0 Å². The maximum atomic E-state index is 3.28. The molecule has 2 aliphatic rings. The summed E-state index contributed by atoms with van der Waals surface area (Å²) in [5, 5.41) is 6.57. The van der Waals surface area contributed by atoms with E-state index in [-0.39, 0.29) is 101 Å². The van der Waals surface area contributed by atoms with Gasteiger partial charge in [0.2, 0.25) is 0 Å². The Balaban J connectivity index is -0.0000000137. The van der Waals surface area contributed by atoms with Crippen LogP contribution in [0.2, 0.25) is 0 Å². The Labute approximate surface area is 175 Å². The normalized spacial score (nSPS) is 15.2. The summed E-state index contributed by atoms with van der Waals surface area (Å²) in [4.78, 5) is 0. The van der Waals surface area contributed by atoms with Crippen molar-refractivity contribution in [2.24, 2.45) is 0 Å². The molecule has 0 aromatic heterocycles. The number of hydrogen-bond acceptors (Lipinski definition) is 2. The zero-order valence-electron chi connectivity index (χ0n) is 12.8. The van der Waals surface area contributed by atoms with Gasteiger partial charge in [-0.15, -0.1) is 0 Å². The van der Waals surface area contributed by atoms with E-state index in [1.807, 2.05) is 0 Å². The minimum absolute atomic E-state index is 0. The van der Waals surface area contributed by atoms with Crippen molar-refractivity contribution in [1.82, 2.24) is 10.6 Å². The van der Waals surface area contributed by atoms with Gasteiger partial charge in [0.25, 0.3) is 0 Å². The molecule has 0 bridgehead atoms. The van der Waals surface area contributed by atoms with Crippen LogP contribution in [0.3, 0.4) is 0 Å². The number of nitrogens with one attached hydrogen (secondary N) is 2. The quantitative estimate of drug-likeness (QED) is 0.321. The third-order valence-corrected chi connectivity index (χ3v) is 2.41. The van der Waals surface area contributed by atoms with Crippen molar-refractivity contribution in [2.75, 3.05) is 26.2 Å². The number of rotatable bonds is 0. The second kappa shape index (κ2) is 37.1. The first-order chi connectivity index (χ1) is 6.00. The molecule has 2 N–H and O–H groups in total. The third kappa shape index (κ3) is 33.3. The molecule has 0 aromatic rings. The van der Waals surface area contributed by atoms with Gasteiger partial charge in [-0.2, -0.15) is 0 Å². The maximum absolute atomic E-state index is 3.28. The summed E-state index contributed by atoms with van der Waals surface area (Å²) >= 11 is 0.